The highest BCUT2D eigenvalue weighted by Gasteiger charge is 2.48. The molecular weight excluding hydrogens is 341 g/mol. The van der Waals surface area contributed by atoms with Gasteiger partial charge in [-0.3, -0.25) is 0 Å². The average Bonchev–Trinajstić information content (AvgIpc) is 2.53. The number of benzene rings is 1. The molecule has 1 N–H and O–H groups in total. The molecule has 8 heteroatoms. The first-order chi connectivity index (χ1) is 11.7. The lowest BCUT2D eigenvalue weighted by molar-refractivity contribution is 0.0966. The number of diazo groups is 1. The maximum Gasteiger partial charge on any atom is 0.528 e. The van der Waals surface area contributed by atoms with Crippen LogP contribution in [0, 0.1) is 5.39 Å². The molecule has 1 aromatic rings. The standard InChI is InChI=1S/C17H26N3O4P/c1-6-23-25(22,24-7-2)15(19-18)16(21)20(17(3,4)5)13-14-11-9-8-10-12-14/h8-12H,6-7,13H2,1-5H3/p+1. The van der Waals surface area contributed by atoms with Gasteiger partial charge in [0.05, 0.1) is 13.2 Å². The zero-order valence-electron chi connectivity index (χ0n) is 15.5. The number of hydrogen-bond donors (Lipinski definition) is 1. The third-order valence-electron chi connectivity index (χ3n) is 3.40. The first kappa shape index (κ1) is 21.2. The van der Waals surface area contributed by atoms with Gasteiger partial charge in [0.2, 0.25) is 5.39 Å². The van der Waals surface area contributed by atoms with E-state index in [1.807, 2.05) is 51.1 Å². The second kappa shape index (κ2) is 9.00. The molecule has 0 aliphatic carbocycles. The predicted octanol–water partition coefficient (Wildman–Crippen LogP) is 5.09. The predicted molar refractivity (Wildman–Crippen MR) is 97.3 cm³/mol. The van der Waals surface area contributed by atoms with E-state index in [0.29, 0.717) is 6.54 Å². The van der Waals surface area contributed by atoms with Crippen molar-refractivity contribution in [3.8, 4) is 0 Å². The zero-order valence-corrected chi connectivity index (χ0v) is 16.4. The van der Waals surface area contributed by atoms with Gasteiger partial charge in [0, 0.05) is 12.1 Å². The van der Waals surface area contributed by atoms with Crippen LogP contribution in [0.15, 0.2) is 41.7 Å². The van der Waals surface area contributed by atoms with Crippen LogP contribution in [0.25, 0.3) is 4.98 Å². The normalized spacial score (nSPS) is 13.1. The van der Waals surface area contributed by atoms with E-state index in [1.54, 1.807) is 18.7 Å². The Hall–Kier alpha value is -1.87. The summed E-state index contributed by atoms with van der Waals surface area (Å²) in [7, 11) is -3.94. The van der Waals surface area contributed by atoms with Crippen LogP contribution in [0.4, 0.5) is 0 Å². The van der Waals surface area contributed by atoms with Gasteiger partial charge in [0.1, 0.15) is 0 Å². The molecular formula is C17H27N3O4P+. The smallest absolute Gasteiger partial charge is 0.489 e. The van der Waals surface area contributed by atoms with Gasteiger partial charge >= 0.3 is 13.0 Å². The highest BCUT2D eigenvalue weighted by molar-refractivity contribution is 7.58. The van der Waals surface area contributed by atoms with Crippen LogP contribution in [0.5, 0.6) is 0 Å². The highest BCUT2D eigenvalue weighted by atomic mass is 31.2. The lowest BCUT2D eigenvalue weighted by Crippen LogP contribution is -2.40. The second-order valence-electron chi connectivity index (χ2n) is 6.32. The van der Waals surface area contributed by atoms with Gasteiger partial charge in [-0.2, -0.15) is 0 Å². The average molecular weight is 368 g/mol. The minimum atomic E-state index is -3.94. The number of rotatable bonds is 8. The molecule has 138 valence electrons. The summed E-state index contributed by atoms with van der Waals surface area (Å²) in [5.74, 6) is -0.441. The molecule has 0 atom stereocenters. The maximum atomic E-state index is 12.9. The van der Waals surface area contributed by atoms with Crippen LogP contribution >= 0.6 is 7.60 Å². The molecule has 7 nitrogen and oxygen atoms in total. The SMILES string of the molecule is CCOP(=O)(OCC)/C([N+]#N)=C(\O)N(Cc1ccccc1)C(C)(C)C. The molecule has 0 aromatic heterocycles. The number of nitrogens with zero attached hydrogens (tertiary/aromatic N) is 3. The van der Waals surface area contributed by atoms with E-state index in [1.165, 1.54) is 0 Å². The molecule has 0 heterocycles. The van der Waals surface area contributed by atoms with Crippen molar-refractivity contribution in [3.05, 3.63) is 52.2 Å². The minimum Gasteiger partial charge on any atom is -0.489 e. The lowest BCUT2D eigenvalue weighted by Gasteiger charge is -2.35. The fraction of sp³-hybridized carbons (Fsp3) is 0.529. The van der Waals surface area contributed by atoms with Crippen molar-refractivity contribution in [2.75, 3.05) is 13.2 Å². The van der Waals surface area contributed by atoms with E-state index in [0.717, 1.165) is 5.56 Å². The van der Waals surface area contributed by atoms with Gasteiger partial charge in [-0.15, -0.1) is 0 Å². The Bertz CT molecular complexity index is 667. The van der Waals surface area contributed by atoms with Gasteiger partial charge in [-0.05, 0) is 40.2 Å². The Morgan fingerprint density at radius 2 is 1.72 bits per heavy atom. The van der Waals surface area contributed by atoms with Crippen LogP contribution in [-0.4, -0.2) is 28.8 Å². The summed E-state index contributed by atoms with van der Waals surface area (Å²) < 4.78 is 23.3. The van der Waals surface area contributed by atoms with Crippen molar-refractivity contribution in [3.63, 3.8) is 0 Å². The fourth-order valence-corrected chi connectivity index (χ4v) is 3.71. The molecule has 0 radical (unpaired) electrons. The Kier molecular flexibility index (Phi) is 7.62. The summed E-state index contributed by atoms with van der Waals surface area (Å²) in [6.07, 6.45) is 0. The molecule has 1 rings (SSSR count). The summed E-state index contributed by atoms with van der Waals surface area (Å²) in [4.78, 5) is 4.63. The van der Waals surface area contributed by atoms with Crippen molar-refractivity contribution in [2.45, 2.75) is 46.7 Å². The van der Waals surface area contributed by atoms with Crippen molar-refractivity contribution in [2.24, 2.45) is 0 Å². The van der Waals surface area contributed by atoms with E-state index in [-0.39, 0.29) is 13.2 Å². The minimum absolute atomic E-state index is 0.0811. The summed E-state index contributed by atoms with van der Waals surface area (Å²) >= 11 is 0. The number of hydrogen-bond acceptors (Lipinski definition) is 6. The molecule has 0 bridgehead atoms. The molecule has 0 unspecified atom stereocenters. The van der Waals surface area contributed by atoms with Crippen LogP contribution in [0.2, 0.25) is 0 Å². The van der Waals surface area contributed by atoms with E-state index < -0.39 is 24.5 Å². The second-order valence-corrected chi connectivity index (χ2v) is 8.26. The number of aliphatic hydroxyl groups is 1. The van der Waals surface area contributed by atoms with Gasteiger partial charge in [-0.25, -0.2) is 4.57 Å². The fourth-order valence-electron chi connectivity index (χ4n) is 2.24. The van der Waals surface area contributed by atoms with Crippen molar-refractivity contribution < 1.29 is 18.7 Å². The van der Waals surface area contributed by atoms with Crippen molar-refractivity contribution in [1.82, 2.24) is 4.90 Å². The summed E-state index contributed by atoms with van der Waals surface area (Å²) in [5, 5.41) is 20.2. The molecule has 0 amide bonds. The molecule has 0 spiro atoms. The summed E-state index contributed by atoms with van der Waals surface area (Å²) in [5.41, 5.74) is -0.106. The Balaban J connectivity index is 3.41. The topological polar surface area (TPSA) is 87.1 Å². The molecule has 0 saturated carbocycles. The zero-order chi connectivity index (χ0) is 19.1. The Morgan fingerprint density at radius 1 is 1.20 bits per heavy atom. The van der Waals surface area contributed by atoms with Gasteiger partial charge < -0.3 is 19.1 Å². The maximum absolute atomic E-state index is 12.9. The first-order valence-electron chi connectivity index (χ1n) is 8.19. The largest absolute Gasteiger partial charge is 0.528 e. The van der Waals surface area contributed by atoms with Gasteiger partial charge in [-0.1, -0.05) is 30.3 Å². The lowest BCUT2D eigenvalue weighted by atomic mass is 10.0. The van der Waals surface area contributed by atoms with E-state index in [9.17, 15) is 15.1 Å². The summed E-state index contributed by atoms with van der Waals surface area (Å²) in [6, 6.07) is 9.49. The van der Waals surface area contributed by atoms with E-state index in [4.69, 9.17) is 9.05 Å². The van der Waals surface area contributed by atoms with E-state index in [2.05, 4.69) is 4.98 Å². The molecule has 0 saturated heterocycles. The Labute approximate surface area is 149 Å². The summed E-state index contributed by atoms with van der Waals surface area (Å²) in [6.45, 7) is 9.42. The van der Waals surface area contributed by atoms with Crippen LogP contribution in [-0.2, 0) is 20.2 Å². The van der Waals surface area contributed by atoms with Crippen LogP contribution < -0.4 is 0 Å². The monoisotopic (exact) mass is 368 g/mol. The highest BCUT2D eigenvalue weighted by Crippen LogP contribution is 2.58. The molecule has 0 aliphatic heterocycles. The van der Waals surface area contributed by atoms with Gasteiger partial charge in [0.15, 0.2) is 4.98 Å². The van der Waals surface area contributed by atoms with Crippen molar-refractivity contribution >= 4 is 7.60 Å². The van der Waals surface area contributed by atoms with Crippen molar-refractivity contribution in [1.29, 1.82) is 5.39 Å². The Morgan fingerprint density at radius 3 is 2.12 bits per heavy atom. The number of aliphatic hydroxyl groups excluding tert-OH is 1. The van der Waals surface area contributed by atoms with E-state index >= 15 is 0 Å². The molecule has 0 fully saturated rings. The third-order valence-corrected chi connectivity index (χ3v) is 5.41. The molecule has 0 aliphatic rings. The third kappa shape index (κ3) is 5.57. The molecule has 25 heavy (non-hydrogen) atoms. The molecule has 1 aromatic carbocycles. The quantitative estimate of drug-likeness (QED) is 0.391. The van der Waals surface area contributed by atoms with Crippen LogP contribution in [0.1, 0.15) is 40.2 Å². The van der Waals surface area contributed by atoms with Gasteiger partial charge in [0.25, 0.3) is 5.88 Å². The van der Waals surface area contributed by atoms with Crippen LogP contribution in [0.3, 0.4) is 0 Å². The first-order valence-corrected chi connectivity index (χ1v) is 9.73.